The minimum atomic E-state index is -4.83. The summed E-state index contributed by atoms with van der Waals surface area (Å²) < 4.78 is 71.5. The summed E-state index contributed by atoms with van der Waals surface area (Å²) in [5.74, 6) is -3.61. The second-order valence-electron chi connectivity index (χ2n) is 5.76. The van der Waals surface area contributed by atoms with Gasteiger partial charge in [0.05, 0.1) is 5.34 Å². The minimum Gasteiger partial charge on any atom is -0.327 e. The first-order chi connectivity index (χ1) is 13.1. The second kappa shape index (κ2) is 13.5. The van der Waals surface area contributed by atoms with Crippen LogP contribution in [-0.2, 0) is 9.59 Å². The molecule has 0 saturated carbocycles. The maximum absolute atomic E-state index is 12.0. The number of nitrogens with zero attached hydrogens (tertiary/aromatic N) is 2. The van der Waals surface area contributed by atoms with Crippen LogP contribution in [0.5, 0.6) is 0 Å². The number of hydrogen-bond donors (Lipinski definition) is 0. The number of amides is 2. The molecular formula is C17H22Cl2F6N2O2. The number of halogens is 8. The fourth-order valence-electron chi connectivity index (χ4n) is 1.91. The highest BCUT2D eigenvalue weighted by Crippen LogP contribution is 2.21. The van der Waals surface area contributed by atoms with Crippen LogP contribution in [0, 0.1) is 0 Å². The molecule has 0 N–H and O–H groups in total. The summed E-state index contributed by atoms with van der Waals surface area (Å²) in [7, 11) is 0. The topological polar surface area (TPSA) is 40.6 Å². The summed E-state index contributed by atoms with van der Waals surface area (Å²) >= 11 is 9.53. The molecule has 0 unspecified atom stereocenters. The van der Waals surface area contributed by atoms with E-state index in [1.807, 2.05) is 0 Å². The Kier molecular flexibility index (Phi) is 13.8. The molecule has 0 aromatic heterocycles. The Morgan fingerprint density at radius 2 is 1.69 bits per heavy atom. The van der Waals surface area contributed by atoms with Crippen molar-refractivity contribution in [2.75, 3.05) is 31.5 Å². The molecule has 0 spiro atoms. The highest BCUT2D eigenvalue weighted by Gasteiger charge is 2.43. The predicted molar refractivity (Wildman–Crippen MR) is 101 cm³/mol. The van der Waals surface area contributed by atoms with Crippen LogP contribution in [0.2, 0.25) is 0 Å². The molecule has 0 radical (unpaired) electrons. The van der Waals surface area contributed by atoms with E-state index in [0.29, 0.717) is 10.5 Å². The number of carbonyl (C=O) groups excluding carboxylic acids is 2. The van der Waals surface area contributed by atoms with Crippen molar-refractivity contribution < 1.29 is 35.9 Å². The maximum Gasteiger partial charge on any atom is 0.471 e. The normalized spacial score (nSPS) is 13.3. The van der Waals surface area contributed by atoms with E-state index in [0.717, 1.165) is 10.5 Å². The lowest BCUT2D eigenvalue weighted by molar-refractivity contribution is -0.184. The van der Waals surface area contributed by atoms with Crippen LogP contribution in [0.3, 0.4) is 0 Å². The van der Waals surface area contributed by atoms with Crippen molar-refractivity contribution in [3.8, 4) is 0 Å². The average molecular weight is 471 g/mol. The quantitative estimate of drug-likeness (QED) is 0.333. The zero-order chi connectivity index (χ0) is 23.4. The van der Waals surface area contributed by atoms with Gasteiger partial charge in [0.1, 0.15) is 0 Å². The fourth-order valence-corrected chi connectivity index (χ4v) is 1.91. The molecule has 12 heteroatoms. The van der Waals surface area contributed by atoms with E-state index in [1.165, 1.54) is 6.08 Å². The van der Waals surface area contributed by atoms with Crippen LogP contribution >= 0.6 is 23.2 Å². The summed E-state index contributed by atoms with van der Waals surface area (Å²) in [5.41, 5.74) is 1.29. The molecule has 1 rings (SSSR count). The molecule has 0 bridgehead atoms. The zero-order valence-electron chi connectivity index (χ0n) is 15.8. The van der Waals surface area contributed by atoms with E-state index in [1.54, 1.807) is 19.9 Å². The fraction of sp³-hybridized carbons (Fsp3) is 0.529. The first kappa shape index (κ1) is 29.5. The first-order valence-corrected chi connectivity index (χ1v) is 8.93. The predicted octanol–water partition coefficient (Wildman–Crippen LogP) is 4.90. The highest BCUT2D eigenvalue weighted by atomic mass is 35.5. The van der Waals surface area contributed by atoms with Crippen LogP contribution in [0.4, 0.5) is 26.3 Å². The van der Waals surface area contributed by atoms with Gasteiger partial charge >= 0.3 is 24.2 Å². The Hall–Kier alpha value is -1.68. The van der Waals surface area contributed by atoms with Gasteiger partial charge in [-0.05, 0) is 13.8 Å². The molecule has 1 heterocycles. The third kappa shape index (κ3) is 13.2. The number of carbonyl (C=O) groups is 2. The molecule has 29 heavy (non-hydrogen) atoms. The third-order valence-electron chi connectivity index (χ3n) is 2.97. The second-order valence-corrected chi connectivity index (χ2v) is 6.57. The van der Waals surface area contributed by atoms with Crippen LogP contribution in [-0.4, -0.2) is 65.5 Å². The Bertz CT molecular complexity index is 604. The van der Waals surface area contributed by atoms with Crippen molar-refractivity contribution in [2.24, 2.45) is 0 Å². The lowest BCUT2D eigenvalue weighted by atomic mass is 10.3. The van der Waals surface area contributed by atoms with Crippen LogP contribution in [0.15, 0.2) is 36.5 Å². The highest BCUT2D eigenvalue weighted by molar-refractivity contribution is 6.40. The molecule has 0 fully saturated rings. The average Bonchev–Trinajstić information content (AvgIpc) is 2.98. The van der Waals surface area contributed by atoms with Gasteiger partial charge in [-0.15, -0.1) is 29.8 Å². The number of hydrogen-bond acceptors (Lipinski definition) is 2. The maximum atomic E-state index is 12.0. The Balaban J connectivity index is 0. The van der Waals surface area contributed by atoms with E-state index in [2.05, 4.69) is 13.2 Å². The monoisotopic (exact) mass is 470 g/mol. The summed E-state index contributed by atoms with van der Waals surface area (Å²) in [4.78, 5) is 22.8. The van der Waals surface area contributed by atoms with Gasteiger partial charge < -0.3 is 9.80 Å². The van der Waals surface area contributed by atoms with Gasteiger partial charge in [-0.1, -0.05) is 29.9 Å². The summed E-state index contributed by atoms with van der Waals surface area (Å²) in [6, 6.07) is 0. The Morgan fingerprint density at radius 1 is 1.21 bits per heavy atom. The molecule has 0 aromatic carbocycles. The van der Waals surface area contributed by atoms with Gasteiger partial charge in [-0.3, -0.25) is 9.59 Å². The lowest BCUT2D eigenvalue weighted by Crippen LogP contribution is -2.41. The summed E-state index contributed by atoms with van der Waals surface area (Å²) in [5, 5.41) is 0.194. The molecule has 4 nitrogen and oxygen atoms in total. The van der Waals surface area contributed by atoms with E-state index < -0.39 is 24.2 Å². The molecule has 0 atom stereocenters. The lowest BCUT2D eigenvalue weighted by Gasteiger charge is -2.22. The standard InChI is InChI=1S/C9H12F3NO.C7H8F3NO.CH2Cl2/c1-4-5-13(6-7(2)3)8(14)9(10,11)12;1-5-2-3-11(4-5)6(12)7(8,9)10;2-1-3/h4H,1-2,5-6H2,3H3;2H,3-4H2,1H3;1H2. The van der Waals surface area contributed by atoms with E-state index in [4.69, 9.17) is 23.2 Å². The SMILES string of the molecule is C=CCN(CC(=C)C)C(=O)C(F)(F)F.CC1=CCN(C(=O)C(F)(F)F)C1.ClCCl. The van der Waals surface area contributed by atoms with Crippen LogP contribution in [0.1, 0.15) is 13.8 Å². The van der Waals surface area contributed by atoms with E-state index >= 15 is 0 Å². The zero-order valence-corrected chi connectivity index (χ0v) is 17.4. The molecule has 1 aliphatic rings. The largest absolute Gasteiger partial charge is 0.471 e. The van der Waals surface area contributed by atoms with Crippen molar-refractivity contribution in [3.05, 3.63) is 36.5 Å². The van der Waals surface area contributed by atoms with Crippen molar-refractivity contribution in [3.63, 3.8) is 0 Å². The molecule has 0 aliphatic carbocycles. The third-order valence-corrected chi connectivity index (χ3v) is 2.97. The van der Waals surface area contributed by atoms with E-state index in [9.17, 15) is 35.9 Å². The minimum absolute atomic E-state index is 0.0736. The van der Waals surface area contributed by atoms with Crippen molar-refractivity contribution >= 4 is 35.0 Å². The first-order valence-electron chi connectivity index (χ1n) is 7.86. The van der Waals surface area contributed by atoms with Gasteiger partial charge in [0.2, 0.25) is 0 Å². The number of rotatable bonds is 4. The van der Waals surface area contributed by atoms with Crippen molar-refractivity contribution in [1.82, 2.24) is 9.80 Å². The summed E-state index contributed by atoms with van der Waals surface area (Å²) in [6.07, 6.45) is -6.72. The molecule has 0 saturated heterocycles. The van der Waals surface area contributed by atoms with Gasteiger partial charge in [0, 0.05) is 26.2 Å². The van der Waals surface area contributed by atoms with Crippen molar-refractivity contribution in [2.45, 2.75) is 26.2 Å². The Labute approximate surface area is 175 Å². The van der Waals surface area contributed by atoms with Gasteiger partial charge in [-0.25, -0.2) is 0 Å². The molecular weight excluding hydrogens is 449 g/mol. The molecule has 0 aromatic rings. The Morgan fingerprint density at radius 3 is 1.97 bits per heavy atom. The van der Waals surface area contributed by atoms with E-state index in [-0.39, 0.29) is 31.5 Å². The van der Waals surface area contributed by atoms with Gasteiger partial charge in [0.15, 0.2) is 0 Å². The molecule has 168 valence electrons. The van der Waals surface area contributed by atoms with Gasteiger partial charge in [-0.2, -0.15) is 26.3 Å². The van der Waals surface area contributed by atoms with Gasteiger partial charge in [0.25, 0.3) is 0 Å². The number of alkyl halides is 8. The molecule has 2 amide bonds. The van der Waals surface area contributed by atoms with Crippen LogP contribution in [0.25, 0.3) is 0 Å². The summed E-state index contributed by atoms with van der Waals surface area (Å²) in [6.45, 7) is 9.91. The van der Waals surface area contributed by atoms with Crippen molar-refractivity contribution in [1.29, 1.82) is 0 Å². The smallest absolute Gasteiger partial charge is 0.327 e. The van der Waals surface area contributed by atoms with Crippen LogP contribution < -0.4 is 0 Å². The molecule has 1 aliphatic heterocycles.